The molecule has 0 N–H and O–H groups in total. The zero-order chi connectivity index (χ0) is 11.3. The summed E-state index contributed by atoms with van der Waals surface area (Å²) in [6, 6.07) is 0. The zero-order valence-electron chi connectivity index (χ0n) is 10.6. The van der Waals surface area contributed by atoms with Gasteiger partial charge in [0, 0.05) is 5.41 Å². The predicted octanol–water partition coefficient (Wildman–Crippen LogP) is 4.53. The van der Waals surface area contributed by atoms with Gasteiger partial charge in [-0.1, -0.05) is 46.6 Å². The number of ether oxygens (including phenoxy) is 1. The van der Waals surface area contributed by atoms with Crippen LogP contribution in [0.25, 0.3) is 0 Å². The molecule has 1 rings (SSSR count). The first-order chi connectivity index (χ1) is 7.11. The molecule has 0 aromatic carbocycles. The van der Waals surface area contributed by atoms with E-state index in [1.165, 1.54) is 32.1 Å². The fraction of sp³-hybridized carbons (Fsp3) is 0.857. The van der Waals surface area contributed by atoms with Crippen molar-refractivity contribution >= 4 is 0 Å². The highest BCUT2D eigenvalue weighted by Gasteiger charge is 2.37. The number of hydrogen-bond donors (Lipinski definition) is 0. The largest absolute Gasteiger partial charge is 0.498 e. The minimum Gasteiger partial charge on any atom is -0.498 e. The van der Waals surface area contributed by atoms with Gasteiger partial charge in [0.15, 0.2) is 0 Å². The average molecular weight is 210 g/mol. The van der Waals surface area contributed by atoms with E-state index >= 15 is 0 Å². The second kappa shape index (κ2) is 5.58. The Morgan fingerprint density at radius 3 is 2.80 bits per heavy atom. The van der Waals surface area contributed by atoms with Crippen molar-refractivity contribution in [3.8, 4) is 0 Å². The number of unbranched alkanes of at least 4 members (excludes halogenated alkanes) is 1. The lowest BCUT2D eigenvalue weighted by molar-refractivity contribution is 0.0675. The molecular formula is C14H26O. The first-order valence-electron chi connectivity index (χ1n) is 6.43. The Hall–Kier alpha value is -0.460. The van der Waals surface area contributed by atoms with Gasteiger partial charge in [-0.15, -0.1) is 0 Å². The lowest BCUT2D eigenvalue weighted by atomic mass is 9.67. The minimum absolute atomic E-state index is 0.228. The van der Waals surface area contributed by atoms with Crippen LogP contribution in [0.4, 0.5) is 0 Å². The van der Waals surface area contributed by atoms with E-state index in [0.29, 0.717) is 0 Å². The van der Waals surface area contributed by atoms with Gasteiger partial charge < -0.3 is 4.74 Å². The van der Waals surface area contributed by atoms with Crippen LogP contribution in [-0.2, 0) is 4.74 Å². The Morgan fingerprint density at radius 2 is 2.20 bits per heavy atom. The number of hydrogen-bond acceptors (Lipinski definition) is 1. The molecule has 1 fully saturated rings. The van der Waals surface area contributed by atoms with Crippen molar-refractivity contribution in [1.29, 1.82) is 0 Å². The van der Waals surface area contributed by atoms with Crippen molar-refractivity contribution < 1.29 is 4.74 Å². The van der Waals surface area contributed by atoms with E-state index in [2.05, 4.69) is 27.4 Å². The molecule has 0 saturated heterocycles. The Balaban J connectivity index is 2.47. The molecule has 0 bridgehead atoms. The van der Waals surface area contributed by atoms with E-state index in [-0.39, 0.29) is 5.41 Å². The number of allylic oxidation sites excluding steroid dienone is 1. The summed E-state index contributed by atoms with van der Waals surface area (Å²) in [7, 11) is 0. The quantitative estimate of drug-likeness (QED) is 0.478. The smallest absolute Gasteiger partial charge is 0.0949 e. The Bertz CT molecular complexity index is 209. The second-order valence-electron chi connectivity index (χ2n) is 5.19. The van der Waals surface area contributed by atoms with Crippen LogP contribution in [0.15, 0.2) is 12.3 Å². The number of rotatable bonds is 5. The maximum absolute atomic E-state index is 5.80. The van der Waals surface area contributed by atoms with Gasteiger partial charge >= 0.3 is 0 Å². The maximum atomic E-state index is 5.80. The van der Waals surface area contributed by atoms with Gasteiger partial charge in [0.25, 0.3) is 0 Å². The van der Waals surface area contributed by atoms with Gasteiger partial charge in [-0.25, -0.2) is 0 Å². The van der Waals surface area contributed by atoms with Crippen LogP contribution in [0.1, 0.15) is 59.3 Å². The van der Waals surface area contributed by atoms with Crippen LogP contribution in [0.2, 0.25) is 0 Å². The molecule has 1 nitrogen and oxygen atoms in total. The molecule has 0 radical (unpaired) electrons. The Morgan fingerprint density at radius 1 is 1.47 bits per heavy atom. The molecule has 15 heavy (non-hydrogen) atoms. The topological polar surface area (TPSA) is 9.23 Å². The molecular weight excluding hydrogens is 184 g/mol. The predicted molar refractivity (Wildman–Crippen MR) is 65.7 cm³/mol. The summed E-state index contributed by atoms with van der Waals surface area (Å²) in [5.74, 6) is 1.75. The standard InChI is InChI=1S/C14H26O/c1-5-6-11-15-13(3)14(4)10-8-7-9-12(14)2/h12H,3,5-11H2,1-2,4H3/t12?,14-/m0/s1. The van der Waals surface area contributed by atoms with E-state index in [1.54, 1.807) is 0 Å². The highest BCUT2D eigenvalue weighted by atomic mass is 16.5. The fourth-order valence-corrected chi connectivity index (χ4v) is 2.43. The highest BCUT2D eigenvalue weighted by Crippen LogP contribution is 2.45. The van der Waals surface area contributed by atoms with Crippen LogP contribution in [-0.4, -0.2) is 6.61 Å². The summed E-state index contributed by atoms with van der Waals surface area (Å²) < 4.78 is 5.80. The van der Waals surface area contributed by atoms with E-state index < -0.39 is 0 Å². The van der Waals surface area contributed by atoms with Gasteiger partial charge in [0.1, 0.15) is 0 Å². The molecule has 0 aromatic rings. The monoisotopic (exact) mass is 210 g/mol. The van der Waals surface area contributed by atoms with E-state index in [0.717, 1.165) is 24.7 Å². The van der Waals surface area contributed by atoms with Gasteiger partial charge in [0.05, 0.1) is 12.4 Å². The van der Waals surface area contributed by atoms with Crippen LogP contribution in [0.3, 0.4) is 0 Å². The summed E-state index contributed by atoms with van der Waals surface area (Å²) in [4.78, 5) is 0. The first kappa shape index (κ1) is 12.6. The Kier molecular flexibility index (Phi) is 4.69. The molecule has 88 valence electrons. The molecule has 2 atom stereocenters. The van der Waals surface area contributed by atoms with Crippen molar-refractivity contribution in [2.75, 3.05) is 6.61 Å². The summed E-state index contributed by atoms with van der Waals surface area (Å²) in [5.41, 5.74) is 0.228. The summed E-state index contributed by atoms with van der Waals surface area (Å²) in [6.07, 6.45) is 7.62. The SMILES string of the molecule is C=C(OCCCC)[C@@]1(C)CCCCC1C. The molecule has 1 aliphatic rings. The van der Waals surface area contributed by atoms with E-state index in [4.69, 9.17) is 4.74 Å². The third-order valence-electron chi connectivity index (χ3n) is 4.08. The van der Waals surface area contributed by atoms with Gasteiger partial charge in [0.2, 0.25) is 0 Å². The second-order valence-corrected chi connectivity index (χ2v) is 5.19. The van der Waals surface area contributed by atoms with Crippen molar-refractivity contribution in [2.45, 2.75) is 59.3 Å². The Labute approximate surface area is 94.9 Å². The highest BCUT2D eigenvalue weighted by molar-refractivity contribution is 5.05. The fourth-order valence-electron chi connectivity index (χ4n) is 2.43. The third-order valence-corrected chi connectivity index (χ3v) is 4.08. The summed E-state index contributed by atoms with van der Waals surface area (Å²) in [5, 5.41) is 0. The van der Waals surface area contributed by atoms with Crippen molar-refractivity contribution in [1.82, 2.24) is 0 Å². The molecule has 1 aliphatic carbocycles. The molecule has 1 unspecified atom stereocenters. The lowest BCUT2D eigenvalue weighted by Gasteiger charge is -2.40. The van der Waals surface area contributed by atoms with Crippen molar-refractivity contribution in [3.63, 3.8) is 0 Å². The van der Waals surface area contributed by atoms with Crippen LogP contribution in [0.5, 0.6) is 0 Å². The molecule has 0 amide bonds. The summed E-state index contributed by atoms with van der Waals surface area (Å²) >= 11 is 0. The first-order valence-corrected chi connectivity index (χ1v) is 6.43. The van der Waals surface area contributed by atoms with E-state index in [9.17, 15) is 0 Å². The minimum atomic E-state index is 0.228. The maximum Gasteiger partial charge on any atom is 0.0949 e. The lowest BCUT2D eigenvalue weighted by Crippen LogP contribution is -2.31. The van der Waals surface area contributed by atoms with E-state index in [1.807, 2.05) is 0 Å². The van der Waals surface area contributed by atoms with Gasteiger partial charge in [-0.3, -0.25) is 0 Å². The van der Waals surface area contributed by atoms with Crippen LogP contribution in [0, 0.1) is 11.3 Å². The third kappa shape index (κ3) is 2.99. The molecule has 0 spiro atoms. The van der Waals surface area contributed by atoms with Crippen LogP contribution >= 0.6 is 0 Å². The average Bonchev–Trinajstić information content (AvgIpc) is 2.23. The van der Waals surface area contributed by atoms with Gasteiger partial charge in [-0.05, 0) is 25.2 Å². The molecule has 0 aromatic heterocycles. The van der Waals surface area contributed by atoms with Crippen molar-refractivity contribution in [3.05, 3.63) is 12.3 Å². The molecule has 0 aliphatic heterocycles. The van der Waals surface area contributed by atoms with Crippen LogP contribution < -0.4 is 0 Å². The van der Waals surface area contributed by atoms with Gasteiger partial charge in [-0.2, -0.15) is 0 Å². The summed E-state index contributed by atoms with van der Waals surface area (Å²) in [6.45, 7) is 11.9. The zero-order valence-corrected chi connectivity index (χ0v) is 10.6. The molecule has 0 heterocycles. The van der Waals surface area contributed by atoms with Crippen molar-refractivity contribution in [2.24, 2.45) is 11.3 Å². The normalized spacial score (nSPS) is 31.3. The molecule has 1 saturated carbocycles. The molecule has 1 heteroatoms.